The first kappa shape index (κ1) is 25.9. The van der Waals surface area contributed by atoms with Gasteiger partial charge in [-0.1, -0.05) is 88.3 Å². The topological polar surface area (TPSA) is 72.6 Å². The zero-order valence-corrected chi connectivity index (χ0v) is 18.4. The van der Waals surface area contributed by atoms with Crippen LogP contribution in [0.5, 0.6) is 0 Å². The maximum Gasteiger partial charge on any atom is 0.271 e. The lowest BCUT2D eigenvalue weighted by Crippen LogP contribution is -2.22. The van der Waals surface area contributed by atoms with Crippen LogP contribution in [-0.4, -0.2) is 22.7 Å². The number of hydrogen-bond donors (Lipinski definition) is 1. The summed E-state index contributed by atoms with van der Waals surface area (Å²) in [4.78, 5) is 10.6. The monoisotopic (exact) mass is 417 g/mol. The molecule has 1 unspecified atom stereocenters. The largest absolute Gasteiger partial charge is 0.491 e. The van der Waals surface area contributed by atoms with Gasteiger partial charge in [-0.15, -0.1) is 6.58 Å². The van der Waals surface area contributed by atoms with Crippen molar-refractivity contribution in [3.63, 3.8) is 0 Å². The minimum atomic E-state index is -0.880. The van der Waals surface area contributed by atoms with Crippen LogP contribution >= 0.6 is 0 Å². The smallest absolute Gasteiger partial charge is 0.271 e. The number of ether oxygens (including phenoxy) is 1. The molecule has 0 aliphatic heterocycles. The molecule has 1 aromatic rings. The third-order valence-corrected chi connectivity index (χ3v) is 5.37. The third kappa shape index (κ3) is 11.8. The van der Waals surface area contributed by atoms with Gasteiger partial charge in [0.15, 0.2) is 5.76 Å². The molecule has 0 aliphatic carbocycles. The Morgan fingerprint density at radius 1 is 0.967 bits per heavy atom. The Morgan fingerprint density at radius 2 is 1.47 bits per heavy atom. The number of hydrogen-bond acceptors (Lipinski definition) is 4. The predicted octanol–water partition coefficient (Wildman–Crippen LogP) is 6.37. The lowest BCUT2D eigenvalue weighted by Gasteiger charge is -2.12. The molecule has 0 bridgehead atoms. The fraction of sp³-hybridized carbons (Fsp3) is 0.600. The van der Waals surface area contributed by atoms with Crippen LogP contribution in [0.4, 0.5) is 0 Å². The Balaban J connectivity index is 1.89. The van der Waals surface area contributed by atoms with Crippen molar-refractivity contribution >= 4 is 0 Å². The summed E-state index contributed by atoms with van der Waals surface area (Å²) in [5.41, 5.74) is 2.33. The van der Waals surface area contributed by atoms with E-state index in [1.54, 1.807) is 0 Å². The normalized spacial score (nSPS) is 11.8. The fourth-order valence-electron chi connectivity index (χ4n) is 3.45. The second-order valence-electron chi connectivity index (χ2n) is 7.90. The van der Waals surface area contributed by atoms with Gasteiger partial charge in [0.1, 0.15) is 0 Å². The van der Waals surface area contributed by atoms with E-state index >= 15 is 0 Å². The summed E-state index contributed by atoms with van der Waals surface area (Å²) in [5.74, 6) is 0.238. The maximum atomic E-state index is 10.9. The van der Waals surface area contributed by atoms with Gasteiger partial charge < -0.3 is 9.84 Å². The van der Waals surface area contributed by atoms with Gasteiger partial charge in [0.2, 0.25) is 0 Å². The highest BCUT2D eigenvalue weighted by Gasteiger charge is 2.23. The molecule has 0 spiro atoms. The molecule has 1 aromatic carbocycles. The molecule has 5 nitrogen and oxygen atoms in total. The molecule has 0 amide bonds. The minimum Gasteiger partial charge on any atom is -0.491 e. The fourth-order valence-corrected chi connectivity index (χ4v) is 3.45. The number of rotatable bonds is 19. The van der Waals surface area contributed by atoms with Crippen LogP contribution < -0.4 is 0 Å². The van der Waals surface area contributed by atoms with E-state index in [1.807, 2.05) is 12.1 Å². The van der Waals surface area contributed by atoms with Crippen molar-refractivity contribution in [1.29, 1.82) is 0 Å². The first-order valence-electron chi connectivity index (χ1n) is 11.3. The lowest BCUT2D eigenvalue weighted by molar-refractivity contribution is -0.515. The van der Waals surface area contributed by atoms with Gasteiger partial charge in [0.25, 0.3) is 6.04 Å². The van der Waals surface area contributed by atoms with E-state index < -0.39 is 6.04 Å². The van der Waals surface area contributed by atoms with Gasteiger partial charge in [0.05, 0.1) is 13.2 Å². The number of aliphatic hydroxyl groups is 1. The van der Waals surface area contributed by atoms with Gasteiger partial charge in [-0.2, -0.15) is 0 Å². The standard InChI is InChI=1S/C25H39NO4/c1-3-14-25(26(28)29)22(2)30-20-13-11-9-7-5-4-6-8-10-12-15-23-16-18-24(21-27)19-17-23/h3,16-19,25,27H,1-2,4-15,20-21H2. The predicted molar refractivity (Wildman–Crippen MR) is 123 cm³/mol. The minimum absolute atomic E-state index is 0.115. The first-order chi connectivity index (χ1) is 14.6. The second-order valence-corrected chi connectivity index (χ2v) is 7.90. The SMILES string of the molecule is C=CCC(C(=C)OCCCCCCCCCCCCc1ccc(CO)cc1)[N+](=O)[O-]. The lowest BCUT2D eigenvalue weighted by atomic mass is 10.0. The molecule has 0 aromatic heterocycles. The van der Waals surface area contributed by atoms with Gasteiger partial charge in [-0.3, -0.25) is 10.1 Å². The number of unbranched alkanes of at least 4 members (excludes halogenated alkanes) is 9. The quantitative estimate of drug-likeness (QED) is 0.0932. The summed E-state index contributed by atoms with van der Waals surface area (Å²) in [5, 5.41) is 20.0. The highest BCUT2D eigenvalue weighted by molar-refractivity contribution is 5.21. The number of nitro groups is 1. The van der Waals surface area contributed by atoms with Crippen LogP contribution in [0, 0.1) is 10.1 Å². The molecule has 168 valence electrons. The van der Waals surface area contributed by atoms with Crippen molar-refractivity contribution < 1.29 is 14.8 Å². The molecule has 0 fully saturated rings. The molecule has 0 saturated carbocycles. The number of aliphatic hydroxyl groups excluding tert-OH is 1. The Bertz CT molecular complexity index is 612. The molecule has 30 heavy (non-hydrogen) atoms. The highest BCUT2D eigenvalue weighted by atomic mass is 16.6. The summed E-state index contributed by atoms with van der Waals surface area (Å²) in [6.07, 6.45) is 15.0. The summed E-state index contributed by atoms with van der Waals surface area (Å²) >= 11 is 0. The van der Waals surface area contributed by atoms with Gasteiger partial charge in [-0.25, -0.2) is 0 Å². The van der Waals surface area contributed by atoms with Gasteiger partial charge >= 0.3 is 0 Å². The Morgan fingerprint density at radius 3 is 1.97 bits per heavy atom. The molecule has 1 rings (SSSR count). The van der Waals surface area contributed by atoms with Crippen molar-refractivity contribution in [1.82, 2.24) is 0 Å². The molecular formula is C25H39NO4. The van der Waals surface area contributed by atoms with Crippen molar-refractivity contribution in [2.45, 2.75) is 89.7 Å². The van der Waals surface area contributed by atoms with Crippen molar-refractivity contribution in [3.8, 4) is 0 Å². The molecule has 1 atom stereocenters. The van der Waals surface area contributed by atoms with Crippen LogP contribution in [0.25, 0.3) is 0 Å². The second kappa shape index (κ2) is 16.6. The first-order valence-corrected chi connectivity index (χ1v) is 11.3. The van der Waals surface area contributed by atoms with Crippen molar-refractivity contribution in [2.75, 3.05) is 6.61 Å². The van der Waals surface area contributed by atoms with Crippen LogP contribution in [0.2, 0.25) is 0 Å². The highest BCUT2D eigenvalue weighted by Crippen LogP contribution is 2.14. The molecule has 0 saturated heterocycles. The van der Waals surface area contributed by atoms with E-state index in [4.69, 9.17) is 9.84 Å². The summed E-state index contributed by atoms with van der Waals surface area (Å²) < 4.78 is 5.45. The third-order valence-electron chi connectivity index (χ3n) is 5.37. The van der Waals surface area contributed by atoms with Crippen molar-refractivity contribution in [2.24, 2.45) is 0 Å². The molecule has 0 heterocycles. The van der Waals surface area contributed by atoms with Crippen LogP contribution in [0.3, 0.4) is 0 Å². The Labute approximate surface area is 182 Å². The average Bonchev–Trinajstić information content (AvgIpc) is 2.75. The van der Waals surface area contributed by atoms with E-state index in [0.29, 0.717) is 6.61 Å². The van der Waals surface area contributed by atoms with E-state index in [9.17, 15) is 10.1 Å². The number of benzene rings is 1. The van der Waals surface area contributed by atoms with Gasteiger partial charge in [0, 0.05) is 11.3 Å². The number of nitrogens with zero attached hydrogens (tertiary/aromatic N) is 1. The zero-order chi connectivity index (χ0) is 22.0. The summed E-state index contributed by atoms with van der Waals surface area (Å²) in [7, 11) is 0. The van der Waals surface area contributed by atoms with Gasteiger partial charge in [-0.05, 0) is 30.4 Å². The summed E-state index contributed by atoms with van der Waals surface area (Å²) in [6.45, 7) is 7.85. The molecule has 5 heteroatoms. The molecule has 0 aliphatic rings. The Hall–Kier alpha value is -2.14. The van der Waals surface area contributed by atoms with E-state index in [2.05, 4.69) is 25.3 Å². The van der Waals surface area contributed by atoms with E-state index in [0.717, 1.165) is 24.8 Å². The van der Waals surface area contributed by atoms with Crippen LogP contribution in [-0.2, 0) is 17.8 Å². The van der Waals surface area contributed by atoms with E-state index in [-0.39, 0.29) is 23.7 Å². The maximum absolute atomic E-state index is 10.9. The van der Waals surface area contributed by atoms with Crippen LogP contribution in [0.1, 0.15) is 81.8 Å². The van der Waals surface area contributed by atoms with E-state index in [1.165, 1.54) is 63.0 Å². The molecular weight excluding hydrogens is 378 g/mol. The van der Waals surface area contributed by atoms with Crippen molar-refractivity contribution in [3.05, 3.63) is 70.5 Å². The molecule has 0 radical (unpaired) electrons. The number of aryl methyl sites for hydroxylation is 1. The average molecular weight is 418 g/mol. The molecule has 1 N–H and O–H groups in total. The van der Waals surface area contributed by atoms with Crippen LogP contribution in [0.15, 0.2) is 49.3 Å². The summed E-state index contributed by atoms with van der Waals surface area (Å²) in [6, 6.07) is 7.37. The Kier molecular flexibility index (Phi) is 14.4. The zero-order valence-electron chi connectivity index (χ0n) is 18.4.